The van der Waals surface area contributed by atoms with Gasteiger partial charge in [-0.3, -0.25) is 0 Å². The number of carbonyl (C=O) groups is 1. The van der Waals surface area contributed by atoms with E-state index >= 15 is 0 Å². The second-order valence-corrected chi connectivity index (χ2v) is 7.51. The van der Waals surface area contributed by atoms with Crippen LogP contribution < -0.4 is 15.5 Å². The Morgan fingerprint density at radius 1 is 0.963 bits per heavy atom. The molecule has 0 spiro atoms. The molecule has 3 heterocycles. The van der Waals surface area contributed by atoms with E-state index in [1.54, 1.807) is 0 Å². The number of para-hydroxylation sites is 1. The Balaban J connectivity index is 1.30. The highest BCUT2D eigenvalue weighted by Crippen LogP contribution is 2.24. The van der Waals surface area contributed by atoms with Crippen LogP contribution in [-0.4, -0.2) is 28.7 Å². The number of piperidine rings is 1. The maximum absolute atomic E-state index is 12.3. The predicted octanol–water partition coefficient (Wildman–Crippen LogP) is 3.21. The highest BCUT2D eigenvalue weighted by molar-refractivity contribution is 5.74. The van der Waals surface area contributed by atoms with E-state index in [-0.39, 0.29) is 6.03 Å². The molecule has 2 aliphatic heterocycles. The van der Waals surface area contributed by atoms with Crippen molar-refractivity contribution in [2.45, 2.75) is 58.2 Å². The summed E-state index contributed by atoms with van der Waals surface area (Å²) in [6.07, 6.45) is 9.35. The summed E-state index contributed by atoms with van der Waals surface area (Å²) in [7, 11) is 0. The van der Waals surface area contributed by atoms with Crippen molar-refractivity contribution >= 4 is 11.7 Å². The van der Waals surface area contributed by atoms with Gasteiger partial charge in [0.15, 0.2) is 0 Å². The molecule has 1 saturated heterocycles. The zero-order chi connectivity index (χ0) is 18.5. The zero-order valence-electron chi connectivity index (χ0n) is 15.9. The molecule has 2 aromatic rings. The van der Waals surface area contributed by atoms with Gasteiger partial charge in [-0.2, -0.15) is 0 Å². The monoisotopic (exact) mass is 367 g/mol. The maximum Gasteiger partial charge on any atom is 0.315 e. The van der Waals surface area contributed by atoms with E-state index < -0.39 is 0 Å². The van der Waals surface area contributed by atoms with Gasteiger partial charge in [-0.05, 0) is 43.7 Å². The summed E-state index contributed by atoms with van der Waals surface area (Å²) in [6.45, 7) is 4.27. The van der Waals surface area contributed by atoms with E-state index in [0.29, 0.717) is 13.1 Å². The van der Waals surface area contributed by atoms with E-state index in [2.05, 4.69) is 49.5 Å². The van der Waals surface area contributed by atoms with Crippen LogP contribution in [0.15, 0.2) is 30.5 Å². The minimum atomic E-state index is -0.144. The van der Waals surface area contributed by atoms with E-state index in [1.165, 1.54) is 43.4 Å². The van der Waals surface area contributed by atoms with Crippen LogP contribution in [0.5, 0.6) is 0 Å². The summed E-state index contributed by atoms with van der Waals surface area (Å²) in [6, 6.07) is 8.24. The van der Waals surface area contributed by atoms with Gasteiger partial charge in [0, 0.05) is 44.5 Å². The predicted molar refractivity (Wildman–Crippen MR) is 107 cm³/mol. The highest BCUT2D eigenvalue weighted by atomic mass is 16.2. The van der Waals surface area contributed by atoms with Crippen LogP contribution >= 0.6 is 0 Å². The first-order chi connectivity index (χ1) is 13.3. The summed E-state index contributed by atoms with van der Waals surface area (Å²) in [5, 5.41) is 5.94. The van der Waals surface area contributed by atoms with Crippen molar-refractivity contribution < 1.29 is 4.79 Å². The summed E-state index contributed by atoms with van der Waals surface area (Å²) < 4.78 is 2.22. The number of rotatable bonds is 5. The number of anilines is 1. The Hall–Kier alpha value is -2.50. The third kappa shape index (κ3) is 4.43. The van der Waals surface area contributed by atoms with Gasteiger partial charge in [-0.25, -0.2) is 9.78 Å². The van der Waals surface area contributed by atoms with E-state index in [9.17, 15) is 4.79 Å². The first-order valence-electron chi connectivity index (χ1n) is 10.2. The Bertz CT molecular complexity index is 755. The molecule has 0 unspecified atom stereocenters. The molecule has 144 valence electrons. The zero-order valence-corrected chi connectivity index (χ0v) is 15.9. The summed E-state index contributed by atoms with van der Waals surface area (Å²) >= 11 is 0. The van der Waals surface area contributed by atoms with Gasteiger partial charge in [0.05, 0.1) is 12.2 Å². The fourth-order valence-corrected chi connectivity index (χ4v) is 4.07. The Morgan fingerprint density at radius 3 is 2.59 bits per heavy atom. The lowest BCUT2D eigenvalue weighted by Gasteiger charge is -2.30. The second kappa shape index (κ2) is 8.46. The number of urea groups is 1. The van der Waals surface area contributed by atoms with Crippen molar-refractivity contribution in [1.82, 2.24) is 20.2 Å². The molecular formula is C21H29N5O. The summed E-state index contributed by atoms with van der Waals surface area (Å²) in [5.74, 6) is 1.15. The van der Waals surface area contributed by atoms with Crippen LogP contribution in [0.3, 0.4) is 0 Å². The van der Waals surface area contributed by atoms with Crippen molar-refractivity contribution in [3.63, 3.8) is 0 Å². The molecule has 2 N–H and O–H groups in total. The lowest BCUT2D eigenvalue weighted by molar-refractivity contribution is 0.240. The van der Waals surface area contributed by atoms with Gasteiger partial charge in [-0.15, -0.1) is 0 Å². The van der Waals surface area contributed by atoms with Gasteiger partial charge in [0.1, 0.15) is 5.82 Å². The van der Waals surface area contributed by atoms with Crippen molar-refractivity contribution in [2.75, 3.05) is 18.0 Å². The maximum atomic E-state index is 12.3. The second-order valence-electron chi connectivity index (χ2n) is 7.51. The normalized spacial score (nSPS) is 16.7. The number of nitrogens with zero attached hydrogens (tertiary/aromatic N) is 3. The average Bonchev–Trinajstić information content (AvgIpc) is 3.15. The third-order valence-corrected chi connectivity index (χ3v) is 5.52. The summed E-state index contributed by atoms with van der Waals surface area (Å²) in [5.41, 5.74) is 3.36. The number of hydrogen-bond donors (Lipinski definition) is 2. The summed E-state index contributed by atoms with van der Waals surface area (Å²) in [4.78, 5) is 19.3. The molecule has 27 heavy (non-hydrogen) atoms. The fourth-order valence-electron chi connectivity index (χ4n) is 4.07. The smallest absolute Gasteiger partial charge is 0.315 e. The van der Waals surface area contributed by atoms with Crippen molar-refractivity contribution in [2.24, 2.45) is 0 Å². The van der Waals surface area contributed by atoms with Crippen LogP contribution in [0.1, 0.15) is 49.2 Å². The van der Waals surface area contributed by atoms with Gasteiger partial charge >= 0.3 is 6.03 Å². The van der Waals surface area contributed by atoms with E-state index in [1.807, 2.05) is 6.07 Å². The van der Waals surface area contributed by atoms with Gasteiger partial charge in [-0.1, -0.05) is 18.2 Å². The van der Waals surface area contributed by atoms with Gasteiger partial charge < -0.3 is 20.1 Å². The number of aromatic nitrogens is 2. The first kappa shape index (κ1) is 17.9. The molecule has 0 bridgehead atoms. The lowest BCUT2D eigenvalue weighted by Crippen LogP contribution is -2.35. The molecule has 0 radical (unpaired) electrons. The number of imidazole rings is 1. The Labute approximate surface area is 161 Å². The number of nitrogens with one attached hydrogen (secondary N) is 2. The standard InChI is InChI=1S/C21H29N5O/c27-21(23-15-18-16-26-13-7-4-10-20(26)24-18)22-14-17-8-2-3-9-19(17)25-11-5-1-6-12-25/h2-3,8-9,16H,1,4-7,10-15H2,(H2,22,23,27). The van der Waals surface area contributed by atoms with Crippen LogP contribution in [0.25, 0.3) is 0 Å². The number of fused-ring (bicyclic) bond motifs is 1. The lowest BCUT2D eigenvalue weighted by atomic mass is 10.1. The molecule has 1 aromatic carbocycles. The molecule has 1 aromatic heterocycles. The van der Waals surface area contributed by atoms with Crippen molar-refractivity contribution in [3.8, 4) is 0 Å². The van der Waals surface area contributed by atoms with Crippen molar-refractivity contribution in [3.05, 3.63) is 47.5 Å². The molecular weight excluding hydrogens is 338 g/mol. The van der Waals surface area contributed by atoms with Crippen LogP contribution in [0, 0.1) is 0 Å². The number of aryl methyl sites for hydroxylation is 2. The molecule has 6 nitrogen and oxygen atoms in total. The largest absolute Gasteiger partial charge is 0.371 e. The number of hydrogen-bond acceptors (Lipinski definition) is 3. The minimum absolute atomic E-state index is 0.144. The van der Waals surface area contributed by atoms with E-state index in [0.717, 1.165) is 37.6 Å². The van der Waals surface area contributed by atoms with Crippen LogP contribution in [-0.2, 0) is 26.1 Å². The quantitative estimate of drug-likeness (QED) is 0.853. The van der Waals surface area contributed by atoms with Crippen molar-refractivity contribution in [1.29, 1.82) is 0 Å². The van der Waals surface area contributed by atoms with Crippen LogP contribution in [0.2, 0.25) is 0 Å². The SMILES string of the molecule is O=C(NCc1cn2c(n1)CCCC2)NCc1ccccc1N1CCCCC1. The topological polar surface area (TPSA) is 62.2 Å². The molecule has 4 rings (SSSR count). The van der Waals surface area contributed by atoms with Gasteiger partial charge in [0.25, 0.3) is 0 Å². The number of amides is 2. The molecule has 1 fully saturated rings. The molecule has 0 aliphatic carbocycles. The number of carbonyl (C=O) groups excluding carboxylic acids is 1. The third-order valence-electron chi connectivity index (χ3n) is 5.52. The molecule has 6 heteroatoms. The number of benzene rings is 1. The van der Waals surface area contributed by atoms with Gasteiger partial charge in [0.2, 0.25) is 0 Å². The van der Waals surface area contributed by atoms with Crippen LogP contribution in [0.4, 0.5) is 10.5 Å². The highest BCUT2D eigenvalue weighted by Gasteiger charge is 2.15. The molecule has 0 atom stereocenters. The van der Waals surface area contributed by atoms with E-state index in [4.69, 9.17) is 0 Å². The molecule has 2 amide bonds. The average molecular weight is 367 g/mol. The Kier molecular flexibility index (Phi) is 5.61. The molecule has 0 saturated carbocycles. The fraction of sp³-hybridized carbons (Fsp3) is 0.524. The Morgan fingerprint density at radius 2 is 1.74 bits per heavy atom. The first-order valence-corrected chi connectivity index (χ1v) is 10.2. The minimum Gasteiger partial charge on any atom is -0.371 e. The molecule has 2 aliphatic rings.